The third-order valence-electron chi connectivity index (χ3n) is 2.87. The Kier molecular flexibility index (Phi) is 4.14. The SMILES string of the molecule is O=C(NC(CO)(CO)CO)c1cnc2sccn2c1=O. The molecule has 0 radical (unpaired) electrons. The van der Waals surface area contributed by atoms with Crippen molar-refractivity contribution in [1.82, 2.24) is 14.7 Å². The number of aromatic nitrogens is 2. The standard InChI is InChI=1S/C11H13N3O5S/c15-4-11(5-16,6-17)13-8(18)7-3-12-10-14(9(7)19)1-2-20-10/h1-3,15-17H,4-6H2,(H,13,18). The summed E-state index contributed by atoms with van der Waals surface area (Å²) in [6.07, 6.45) is 2.61. The maximum absolute atomic E-state index is 12.1. The van der Waals surface area contributed by atoms with Crippen LogP contribution < -0.4 is 10.9 Å². The van der Waals surface area contributed by atoms with Crippen LogP contribution in [0.25, 0.3) is 4.96 Å². The number of carbonyl (C=O) groups is 1. The Morgan fingerprint density at radius 1 is 1.35 bits per heavy atom. The number of hydrogen-bond donors (Lipinski definition) is 4. The molecular formula is C11H13N3O5S. The molecule has 0 atom stereocenters. The summed E-state index contributed by atoms with van der Waals surface area (Å²) in [5.41, 5.74) is -2.38. The molecule has 8 nitrogen and oxygen atoms in total. The largest absolute Gasteiger partial charge is 0.394 e. The summed E-state index contributed by atoms with van der Waals surface area (Å²) in [5, 5.41) is 31.4. The third kappa shape index (κ3) is 2.43. The minimum absolute atomic E-state index is 0.236. The van der Waals surface area contributed by atoms with Gasteiger partial charge in [-0.3, -0.25) is 14.0 Å². The Bertz CT molecular complexity index is 668. The molecule has 0 aromatic carbocycles. The number of carbonyl (C=O) groups excluding carboxylic acids is 1. The summed E-state index contributed by atoms with van der Waals surface area (Å²) in [6, 6.07) is 0. The van der Waals surface area contributed by atoms with E-state index in [1.165, 1.54) is 21.9 Å². The molecule has 0 fully saturated rings. The summed E-state index contributed by atoms with van der Waals surface area (Å²) in [5.74, 6) is -0.819. The van der Waals surface area contributed by atoms with Gasteiger partial charge in [0.2, 0.25) is 0 Å². The molecule has 0 bridgehead atoms. The second-order valence-electron chi connectivity index (χ2n) is 4.24. The zero-order valence-corrected chi connectivity index (χ0v) is 11.1. The normalized spacial score (nSPS) is 11.8. The summed E-state index contributed by atoms with van der Waals surface area (Å²) < 4.78 is 1.22. The average molecular weight is 299 g/mol. The molecule has 20 heavy (non-hydrogen) atoms. The molecule has 0 saturated heterocycles. The number of nitrogens with one attached hydrogen (secondary N) is 1. The fourth-order valence-corrected chi connectivity index (χ4v) is 2.23. The first-order valence-corrected chi connectivity index (χ1v) is 6.55. The van der Waals surface area contributed by atoms with Crippen molar-refractivity contribution in [2.24, 2.45) is 0 Å². The summed E-state index contributed by atoms with van der Waals surface area (Å²) in [7, 11) is 0. The molecule has 2 rings (SSSR count). The van der Waals surface area contributed by atoms with E-state index in [0.29, 0.717) is 4.96 Å². The second-order valence-corrected chi connectivity index (χ2v) is 5.11. The van der Waals surface area contributed by atoms with Crippen LogP contribution in [0.1, 0.15) is 10.4 Å². The zero-order valence-electron chi connectivity index (χ0n) is 10.3. The molecule has 0 aliphatic rings. The monoisotopic (exact) mass is 299 g/mol. The van der Waals surface area contributed by atoms with Gasteiger partial charge in [0, 0.05) is 17.8 Å². The number of amides is 1. The minimum Gasteiger partial charge on any atom is -0.394 e. The van der Waals surface area contributed by atoms with Crippen LogP contribution in [0, 0.1) is 0 Å². The quantitative estimate of drug-likeness (QED) is 0.516. The predicted molar refractivity (Wildman–Crippen MR) is 70.8 cm³/mol. The van der Waals surface area contributed by atoms with Crippen molar-refractivity contribution in [1.29, 1.82) is 0 Å². The maximum Gasteiger partial charge on any atom is 0.271 e. The van der Waals surface area contributed by atoms with Crippen LogP contribution in [0.15, 0.2) is 22.6 Å². The lowest BCUT2D eigenvalue weighted by Gasteiger charge is -2.28. The first-order valence-electron chi connectivity index (χ1n) is 5.67. The van der Waals surface area contributed by atoms with Crippen molar-refractivity contribution in [3.8, 4) is 0 Å². The number of nitrogens with zero attached hydrogens (tertiary/aromatic N) is 2. The van der Waals surface area contributed by atoms with Crippen LogP contribution >= 0.6 is 11.3 Å². The number of fused-ring (bicyclic) bond motifs is 1. The zero-order chi connectivity index (χ0) is 14.8. The molecule has 2 heterocycles. The van der Waals surface area contributed by atoms with Crippen molar-refractivity contribution >= 4 is 22.2 Å². The highest BCUT2D eigenvalue weighted by molar-refractivity contribution is 7.15. The van der Waals surface area contributed by atoms with Crippen molar-refractivity contribution in [2.75, 3.05) is 19.8 Å². The fourth-order valence-electron chi connectivity index (χ4n) is 1.56. The molecule has 0 saturated carbocycles. The number of aliphatic hydroxyl groups excluding tert-OH is 3. The van der Waals surface area contributed by atoms with E-state index in [0.717, 1.165) is 6.20 Å². The van der Waals surface area contributed by atoms with Gasteiger partial charge in [-0.2, -0.15) is 0 Å². The number of aliphatic hydroxyl groups is 3. The maximum atomic E-state index is 12.1. The topological polar surface area (TPSA) is 124 Å². The van der Waals surface area contributed by atoms with Crippen molar-refractivity contribution in [3.63, 3.8) is 0 Å². The van der Waals surface area contributed by atoms with Crippen LogP contribution in [-0.4, -0.2) is 56.0 Å². The molecule has 0 aliphatic heterocycles. The highest BCUT2D eigenvalue weighted by Crippen LogP contribution is 2.07. The lowest BCUT2D eigenvalue weighted by atomic mass is 10.0. The Balaban J connectivity index is 2.36. The lowest BCUT2D eigenvalue weighted by Crippen LogP contribution is -2.57. The number of rotatable bonds is 5. The van der Waals surface area contributed by atoms with Crippen LogP contribution in [-0.2, 0) is 0 Å². The van der Waals surface area contributed by atoms with Gasteiger partial charge in [0.05, 0.1) is 19.8 Å². The van der Waals surface area contributed by atoms with E-state index >= 15 is 0 Å². The van der Waals surface area contributed by atoms with Gasteiger partial charge in [0.25, 0.3) is 11.5 Å². The fraction of sp³-hybridized carbons (Fsp3) is 0.364. The van der Waals surface area contributed by atoms with E-state index in [-0.39, 0.29) is 5.56 Å². The smallest absolute Gasteiger partial charge is 0.271 e. The third-order valence-corrected chi connectivity index (χ3v) is 3.64. The van der Waals surface area contributed by atoms with E-state index in [1.807, 2.05) is 0 Å². The van der Waals surface area contributed by atoms with Gasteiger partial charge in [0.15, 0.2) is 4.96 Å². The van der Waals surface area contributed by atoms with Gasteiger partial charge in [-0.25, -0.2) is 4.98 Å². The van der Waals surface area contributed by atoms with Gasteiger partial charge >= 0.3 is 0 Å². The lowest BCUT2D eigenvalue weighted by molar-refractivity contribution is 0.0374. The Morgan fingerprint density at radius 3 is 2.60 bits per heavy atom. The Labute approximate surface area is 117 Å². The van der Waals surface area contributed by atoms with Gasteiger partial charge < -0.3 is 20.6 Å². The van der Waals surface area contributed by atoms with E-state index in [4.69, 9.17) is 15.3 Å². The van der Waals surface area contributed by atoms with Crippen LogP contribution in [0.2, 0.25) is 0 Å². The summed E-state index contributed by atoms with van der Waals surface area (Å²) in [6.45, 7) is -2.00. The van der Waals surface area contributed by atoms with Crippen LogP contribution in [0.4, 0.5) is 0 Å². The summed E-state index contributed by atoms with van der Waals surface area (Å²) >= 11 is 1.25. The van der Waals surface area contributed by atoms with Gasteiger partial charge in [0.1, 0.15) is 11.1 Å². The van der Waals surface area contributed by atoms with E-state index in [9.17, 15) is 9.59 Å². The van der Waals surface area contributed by atoms with Gasteiger partial charge in [-0.1, -0.05) is 0 Å². The average Bonchev–Trinajstić information content (AvgIpc) is 2.94. The highest BCUT2D eigenvalue weighted by Gasteiger charge is 2.31. The molecule has 0 aliphatic carbocycles. The van der Waals surface area contributed by atoms with Crippen molar-refractivity contribution < 1.29 is 20.1 Å². The number of hydrogen-bond acceptors (Lipinski definition) is 7. The summed E-state index contributed by atoms with van der Waals surface area (Å²) in [4.78, 5) is 28.5. The number of thiazole rings is 1. The molecule has 0 unspecified atom stereocenters. The molecule has 9 heteroatoms. The molecule has 2 aromatic heterocycles. The Morgan fingerprint density at radius 2 is 2.00 bits per heavy atom. The van der Waals surface area contributed by atoms with Crippen molar-refractivity contribution in [2.45, 2.75) is 5.54 Å². The van der Waals surface area contributed by atoms with E-state index < -0.39 is 36.8 Å². The van der Waals surface area contributed by atoms with Crippen molar-refractivity contribution in [3.05, 3.63) is 33.7 Å². The van der Waals surface area contributed by atoms with Crippen LogP contribution in [0.3, 0.4) is 0 Å². The van der Waals surface area contributed by atoms with Gasteiger partial charge in [-0.05, 0) is 0 Å². The molecule has 4 N–H and O–H groups in total. The molecular weight excluding hydrogens is 286 g/mol. The van der Waals surface area contributed by atoms with Crippen LogP contribution in [0.5, 0.6) is 0 Å². The highest BCUT2D eigenvalue weighted by atomic mass is 32.1. The molecule has 1 amide bonds. The molecule has 108 valence electrons. The van der Waals surface area contributed by atoms with E-state index in [2.05, 4.69) is 10.3 Å². The first kappa shape index (κ1) is 14.6. The Hall–Kier alpha value is -1.81. The minimum atomic E-state index is -1.59. The van der Waals surface area contributed by atoms with E-state index in [1.54, 1.807) is 5.38 Å². The predicted octanol–water partition coefficient (Wildman–Crippen LogP) is -1.80. The molecule has 2 aromatic rings. The van der Waals surface area contributed by atoms with Gasteiger partial charge in [-0.15, -0.1) is 11.3 Å². The second kappa shape index (κ2) is 5.67. The first-order chi connectivity index (χ1) is 9.56. The molecule has 0 spiro atoms.